The normalized spacial score (nSPS) is 23.3. The van der Waals surface area contributed by atoms with Crippen molar-refractivity contribution in [3.63, 3.8) is 0 Å². The summed E-state index contributed by atoms with van der Waals surface area (Å²) in [5, 5.41) is 9.39. The van der Waals surface area contributed by atoms with E-state index in [0.29, 0.717) is 0 Å². The van der Waals surface area contributed by atoms with Gasteiger partial charge in [-0.3, -0.25) is 4.79 Å². The average molecular weight is 328 g/mol. The summed E-state index contributed by atoms with van der Waals surface area (Å²) < 4.78 is 10.8. The Bertz CT molecular complexity index is 656. The molecule has 0 spiro atoms. The van der Waals surface area contributed by atoms with Crippen molar-refractivity contribution in [2.75, 3.05) is 6.61 Å². The van der Waals surface area contributed by atoms with Crippen molar-refractivity contribution in [3.8, 4) is 11.8 Å². The Hall–Kier alpha value is -2.09. The van der Waals surface area contributed by atoms with Crippen LogP contribution in [0.1, 0.15) is 38.8 Å². The number of esters is 1. The lowest BCUT2D eigenvalue weighted by atomic mass is 9.87. The van der Waals surface area contributed by atoms with Gasteiger partial charge in [-0.1, -0.05) is 44.7 Å². The van der Waals surface area contributed by atoms with E-state index < -0.39 is 24.3 Å². The second-order valence-corrected chi connectivity index (χ2v) is 6.83. The van der Waals surface area contributed by atoms with E-state index in [0.717, 1.165) is 5.56 Å². The molecule has 2 rings (SSSR count). The standard InChI is InChI=1S/C20H24O4/c1-14(22)23-18-12-11-17(24-19(18)13-21)10-7-15-5-8-16(9-6-15)20(2,3)4/h5-6,8-9,11-12,17-19,21H,13H2,1-4H3/t17-,18-,19-/m1/s1. The highest BCUT2D eigenvalue weighted by atomic mass is 16.6. The van der Waals surface area contributed by atoms with Crippen LogP contribution in [-0.2, 0) is 19.7 Å². The summed E-state index contributed by atoms with van der Waals surface area (Å²) in [7, 11) is 0. The van der Waals surface area contributed by atoms with Crippen LogP contribution in [-0.4, -0.2) is 36.0 Å². The van der Waals surface area contributed by atoms with Crippen molar-refractivity contribution in [1.29, 1.82) is 0 Å². The number of rotatable bonds is 2. The molecule has 24 heavy (non-hydrogen) atoms. The summed E-state index contributed by atoms with van der Waals surface area (Å²) in [5.41, 5.74) is 2.27. The molecule has 1 aromatic carbocycles. The predicted octanol–water partition coefficient (Wildman–Crippen LogP) is 2.58. The van der Waals surface area contributed by atoms with Crippen molar-refractivity contribution < 1.29 is 19.4 Å². The van der Waals surface area contributed by atoms with Crippen LogP contribution in [0.5, 0.6) is 0 Å². The number of carbonyl (C=O) groups excluding carboxylic acids is 1. The van der Waals surface area contributed by atoms with E-state index in [-0.39, 0.29) is 12.0 Å². The lowest BCUT2D eigenvalue weighted by Crippen LogP contribution is -2.40. The van der Waals surface area contributed by atoms with Gasteiger partial charge < -0.3 is 14.6 Å². The van der Waals surface area contributed by atoms with Gasteiger partial charge in [0.05, 0.1) is 6.61 Å². The molecule has 0 aromatic heterocycles. The molecule has 0 aliphatic carbocycles. The zero-order valence-electron chi connectivity index (χ0n) is 14.6. The minimum Gasteiger partial charge on any atom is -0.455 e. The fraction of sp³-hybridized carbons (Fsp3) is 0.450. The number of aliphatic hydroxyl groups excluding tert-OH is 1. The molecule has 0 unspecified atom stereocenters. The topological polar surface area (TPSA) is 55.8 Å². The number of benzene rings is 1. The van der Waals surface area contributed by atoms with Gasteiger partial charge >= 0.3 is 5.97 Å². The van der Waals surface area contributed by atoms with Crippen LogP contribution >= 0.6 is 0 Å². The van der Waals surface area contributed by atoms with Crippen LogP contribution in [0, 0.1) is 11.8 Å². The van der Waals surface area contributed by atoms with Gasteiger partial charge in [0, 0.05) is 12.5 Å². The molecule has 1 N–H and O–H groups in total. The molecule has 0 fully saturated rings. The highest BCUT2D eigenvalue weighted by Crippen LogP contribution is 2.22. The number of hydrogen-bond acceptors (Lipinski definition) is 4. The van der Waals surface area contributed by atoms with Gasteiger partial charge in [0.15, 0.2) is 0 Å². The monoisotopic (exact) mass is 328 g/mol. The van der Waals surface area contributed by atoms with E-state index in [1.807, 2.05) is 12.1 Å². The van der Waals surface area contributed by atoms with E-state index in [2.05, 4.69) is 44.7 Å². The lowest BCUT2D eigenvalue weighted by molar-refractivity contribution is -0.155. The number of ether oxygens (including phenoxy) is 2. The Morgan fingerprint density at radius 1 is 1.25 bits per heavy atom. The molecule has 1 heterocycles. The summed E-state index contributed by atoms with van der Waals surface area (Å²) in [6.07, 6.45) is 1.86. The Morgan fingerprint density at radius 2 is 1.92 bits per heavy atom. The minimum absolute atomic E-state index is 0.112. The summed E-state index contributed by atoms with van der Waals surface area (Å²) >= 11 is 0. The predicted molar refractivity (Wildman–Crippen MR) is 92.5 cm³/mol. The van der Waals surface area contributed by atoms with E-state index in [9.17, 15) is 9.90 Å². The molecular formula is C20H24O4. The van der Waals surface area contributed by atoms with Crippen molar-refractivity contribution in [3.05, 3.63) is 47.5 Å². The Morgan fingerprint density at radius 3 is 2.46 bits per heavy atom. The van der Waals surface area contributed by atoms with E-state index >= 15 is 0 Å². The van der Waals surface area contributed by atoms with Crippen LogP contribution in [0.3, 0.4) is 0 Å². The maximum atomic E-state index is 11.0. The van der Waals surface area contributed by atoms with Crippen LogP contribution in [0.4, 0.5) is 0 Å². The first-order valence-corrected chi connectivity index (χ1v) is 8.03. The molecule has 128 valence electrons. The molecule has 0 saturated carbocycles. The van der Waals surface area contributed by atoms with Crippen LogP contribution in [0.25, 0.3) is 0 Å². The summed E-state index contributed by atoms with van der Waals surface area (Å²) in [6, 6.07) is 8.14. The Labute approximate surface area is 143 Å². The Balaban J connectivity index is 2.07. The molecule has 3 atom stereocenters. The number of aliphatic hydroxyl groups is 1. The van der Waals surface area contributed by atoms with Gasteiger partial charge in [0.25, 0.3) is 0 Å². The maximum absolute atomic E-state index is 11.0. The zero-order valence-corrected chi connectivity index (χ0v) is 14.6. The van der Waals surface area contributed by atoms with Gasteiger partial charge in [0.2, 0.25) is 0 Å². The second-order valence-electron chi connectivity index (χ2n) is 6.83. The minimum atomic E-state index is -0.596. The van der Waals surface area contributed by atoms with Crippen molar-refractivity contribution in [2.45, 2.75) is 51.4 Å². The van der Waals surface area contributed by atoms with E-state index in [1.54, 1.807) is 12.2 Å². The molecule has 4 nitrogen and oxygen atoms in total. The van der Waals surface area contributed by atoms with Crippen LogP contribution < -0.4 is 0 Å². The quantitative estimate of drug-likeness (QED) is 0.515. The summed E-state index contributed by atoms with van der Waals surface area (Å²) in [4.78, 5) is 11.0. The van der Waals surface area contributed by atoms with Gasteiger partial charge in [-0.05, 0) is 35.3 Å². The fourth-order valence-corrected chi connectivity index (χ4v) is 2.39. The Kier molecular flexibility index (Phi) is 5.82. The van der Waals surface area contributed by atoms with Gasteiger partial charge in [-0.15, -0.1) is 0 Å². The zero-order chi connectivity index (χ0) is 17.7. The molecule has 1 aromatic rings. The highest BCUT2D eigenvalue weighted by Gasteiger charge is 2.28. The number of carbonyl (C=O) groups is 1. The number of hydrogen-bond donors (Lipinski definition) is 1. The molecule has 0 saturated heterocycles. The molecule has 0 bridgehead atoms. The molecule has 0 amide bonds. The summed E-state index contributed by atoms with van der Waals surface area (Å²) in [5.74, 6) is 5.69. The van der Waals surface area contributed by atoms with Crippen molar-refractivity contribution >= 4 is 5.97 Å². The van der Waals surface area contributed by atoms with Crippen LogP contribution in [0.15, 0.2) is 36.4 Å². The molecule has 0 radical (unpaired) electrons. The van der Waals surface area contributed by atoms with E-state index in [1.165, 1.54) is 12.5 Å². The SMILES string of the molecule is CC(=O)O[C@@H]1C=C[C@@H](C#Cc2ccc(C(C)(C)C)cc2)O[C@@H]1CO. The van der Waals surface area contributed by atoms with Gasteiger partial charge in [-0.25, -0.2) is 0 Å². The van der Waals surface area contributed by atoms with Gasteiger partial charge in [-0.2, -0.15) is 0 Å². The maximum Gasteiger partial charge on any atom is 0.303 e. The largest absolute Gasteiger partial charge is 0.455 e. The first-order valence-electron chi connectivity index (χ1n) is 8.03. The molecule has 1 aliphatic heterocycles. The third kappa shape index (κ3) is 4.95. The third-order valence-corrected chi connectivity index (χ3v) is 3.76. The molecule has 4 heteroatoms. The average Bonchev–Trinajstić information content (AvgIpc) is 2.53. The second kappa shape index (κ2) is 7.65. The molecule has 1 aliphatic rings. The van der Waals surface area contributed by atoms with Crippen LogP contribution in [0.2, 0.25) is 0 Å². The smallest absolute Gasteiger partial charge is 0.303 e. The van der Waals surface area contributed by atoms with Crippen molar-refractivity contribution in [2.24, 2.45) is 0 Å². The van der Waals surface area contributed by atoms with Gasteiger partial charge in [0.1, 0.15) is 18.3 Å². The van der Waals surface area contributed by atoms with E-state index in [4.69, 9.17) is 9.47 Å². The molecular weight excluding hydrogens is 304 g/mol. The first-order chi connectivity index (χ1) is 11.3. The highest BCUT2D eigenvalue weighted by molar-refractivity contribution is 5.66. The summed E-state index contributed by atoms with van der Waals surface area (Å²) in [6.45, 7) is 7.60. The van der Waals surface area contributed by atoms with Crippen molar-refractivity contribution in [1.82, 2.24) is 0 Å². The third-order valence-electron chi connectivity index (χ3n) is 3.76. The lowest BCUT2D eigenvalue weighted by Gasteiger charge is -2.28. The first kappa shape index (κ1) is 18.3. The fourth-order valence-electron chi connectivity index (χ4n) is 2.39.